The third-order valence-electron chi connectivity index (χ3n) is 3.49. The number of hydrogen-bond acceptors (Lipinski definition) is 3. The Bertz CT molecular complexity index is 680. The number of carbonyl (C=O) groups excluding carboxylic acids is 2. The van der Waals surface area contributed by atoms with Gasteiger partial charge >= 0.3 is 0 Å². The molecule has 4 nitrogen and oxygen atoms in total. The molecule has 1 amide bonds. The van der Waals surface area contributed by atoms with Crippen molar-refractivity contribution in [2.45, 2.75) is 6.42 Å². The summed E-state index contributed by atoms with van der Waals surface area (Å²) >= 11 is 0. The fraction of sp³-hybridized carbons (Fsp3) is 0.176. The monoisotopic (exact) mass is 281 g/mol. The second kappa shape index (κ2) is 5.79. The molecule has 0 atom stereocenters. The van der Waals surface area contributed by atoms with Crippen molar-refractivity contribution < 1.29 is 14.3 Å². The zero-order valence-electron chi connectivity index (χ0n) is 11.5. The van der Waals surface area contributed by atoms with Gasteiger partial charge in [0.05, 0.1) is 0 Å². The molecular formula is C17H15NO3. The first kappa shape index (κ1) is 13.4. The molecule has 0 aliphatic carbocycles. The van der Waals surface area contributed by atoms with Crippen LogP contribution < -0.4 is 10.1 Å². The van der Waals surface area contributed by atoms with Gasteiger partial charge in [0.25, 0.3) is 5.91 Å². The maximum atomic E-state index is 12.0. The van der Waals surface area contributed by atoms with E-state index < -0.39 is 0 Å². The van der Waals surface area contributed by atoms with Gasteiger partial charge in [-0.3, -0.25) is 9.59 Å². The second-order valence-electron chi connectivity index (χ2n) is 4.87. The molecular weight excluding hydrogens is 266 g/mol. The molecule has 21 heavy (non-hydrogen) atoms. The minimum absolute atomic E-state index is 0.0257. The average molecular weight is 281 g/mol. The zero-order chi connectivity index (χ0) is 14.7. The number of fused-ring (bicyclic) bond motifs is 1. The predicted octanol–water partition coefficient (Wildman–Crippen LogP) is 2.23. The molecule has 2 aromatic rings. The molecule has 1 N–H and O–H groups in total. The number of carbonyl (C=O) groups is 2. The van der Waals surface area contributed by atoms with Crippen molar-refractivity contribution in [1.29, 1.82) is 0 Å². The topological polar surface area (TPSA) is 55.4 Å². The molecule has 0 aromatic heterocycles. The lowest BCUT2D eigenvalue weighted by Gasteiger charge is -2.19. The van der Waals surface area contributed by atoms with E-state index in [1.165, 1.54) is 0 Å². The minimum atomic E-state index is -0.0870. The lowest BCUT2D eigenvalue weighted by molar-refractivity contribution is 0.0920. The van der Waals surface area contributed by atoms with Crippen LogP contribution in [0.2, 0.25) is 0 Å². The first-order valence-electron chi connectivity index (χ1n) is 6.87. The van der Waals surface area contributed by atoms with Gasteiger partial charge in [0.1, 0.15) is 5.75 Å². The highest BCUT2D eigenvalue weighted by atomic mass is 16.5. The summed E-state index contributed by atoms with van der Waals surface area (Å²) < 4.78 is 5.64. The largest absolute Gasteiger partial charge is 0.485 e. The van der Waals surface area contributed by atoms with Crippen LogP contribution in [0.15, 0.2) is 48.5 Å². The van der Waals surface area contributed by atoms with Crippen LogP contribution >= 0.6 is 0 Å². The van der Waals surface area contributed by atoms with Gasteiger partial charge in [-0.15, -0.1) is 0 Å². The van der Waals surface area contributed by atoms with Crippen LogP contribution in [0.5, 0.6) is 5.75 Å². The Hall–Kier alpha value is -2.62. The summed E-state index contributed by atoms with van der Waals surface area (Å²) in [4.78, 5) is 23.8. The van der Waals surface area contributed by atoms with Crippen LogP contribution in [-0.2, 0) is 6.42 Å². The fourth-order valence-electron chi connectivity index (χ4n) is 2.42. The van der Waals surface area contributed by atoms with Crippen molar-refractivity contribution in [2.24, 2.45) is 0 Å². The molecule has 0 unspecified atom stereocenters. The molecule has 4 heteroatoms. The third-order valence-corrected chi connectivity index (χ3v) is 3.49. The van der Waals surface area contributed by atoms with Gasteiger partial charge in [0, 0.05) is 23.2 Å². The van der Waals surface area contributed by atoms with Gasteiger partial charge in [-0.05, 0) is 18.6 Å². The molecule has 1 heterocycles. The summed E-state index contributed by atoms with van der Waals surface area (Å²) in [5.41, 5.74) is 2.13. The maximum Gasteiger partial charge on any atom is 0.251 e. The standard InChI is InChI=1S/C17H15NO3/c19-15(12-5-2-1-3-6-12)11-21-16-8-4-7-14-13(16)9-10-18-17(14)20/h1-8H,9-11H2,(H,18,20). The van der Waals surface area contributed by atoms with E-state index >= 15 is 0 Å². The molecule has 1 aliphatic heterocycles. The molecule has 0 radical (unpaired) electrons. The average Bonchev–Trinajstić information content (AvgIpc) is 2.54. The number of ketones is 1. The van der Waals surface area contributed by atoms with Crippen LogP contribution in [0, 0.1) is 0 Å². The van der Waals surface area contributed by atoms with Gasteiger partial charge in [0.2, 0.25) is 0 Å². The van der Waals surface area contributed by atoms with Crippen molar-refractivity contribution in [2.75, 3.05) is 13.2 Å². The van der Waals surface area contributed by atoms with Gasteiger partial charge in [-0.1, -0.05) is 36.4 Å². The lowest BCUT2D eigenvalue weighted by Crippen LogP contribution is -2.32. The van der Waals surface area contributed by atoms with E-state index in [1.54, 1.807) is 30.3 Å². The van der Waals surface area contributed by atoms with E-state index in [0.29, 0.717) is 23.4 Å². The molecule has 0 spiro atoms. The van der Waals surface area contributed by atoms with E-state index in [9.17, 15) is 9.59 Å². The lowest BCUT2D eigenvalue weighted by atomic mass is 9.99. The zero-order valence-corrected chi connectivity index (χ0v) is 11.5. The highest BCUT2D eigenvalue weighted by Crippen LogP contribution is 2.25. The molecule has 0 saturated carbocycles. The molecule has 1 aliphatic rings. The van der Waals surface area contributed by atoms with E-state index in [2.05, 4.69) is 5.32 Å². The number of amides is 1. The maximum absolute atomic E-state index is 12.0. The molecule has 0 bridgehead atoms. The predicted molar refractivity (Wildman–Crippen MR) is 78.7 cm³/mol. The van der Waals surface area contributed by atoms with Gasteiger partial charge < -0.3 is 10.1 Å². The Morgan fingerprint density at radius 1 is 1.10 bits per heavy atom. The summed E-state index contributed by atoms with van der Waals surface area (Å²) in [6.07, 6.45) is 0.719. The first-order valence-corrected chi connectivity index (χ1v) is 6.87. The molecule has 3 rings (SSSR count). The SMILES string of the molecule is O=C(COc1cccc2c1CCNC2=O)c1ccccc1. The number of benzene rings is 2. The molecule has 2 aromatic carbocycles. The number of nitrogens with one attached hydrogen (secondary N) is 1. The Balaban J connectivity index is 1.76. The van der Waals surface area contributed by atoms with Crippen molar-refractivity contribution in [3.05, 3.63) is 65.2 Å². The van der Waals surface area contributed by atoms with Crippen LogP contribution in [0.3, 0.4) is 0 Å². The third kappa shape index (κ3) is 2.79. The van der Waals surface area contributed by atoms with E-state index in [4.69, 9.17) is 4.74 Å². The van der Waals surface area contributed by atoms with Crippen molar-refractivity contribution in [3.8, 4) is 5.75 Å². The van der Waals surface area contributed by atoms with Gasteiger partial charge in [-0.2, -0.15) is 0 Å². The van der Waals surface area contributed by atoms with Crippen LogP contribution in [-0.4, -0.2) is 24.8 Å². The van der Waals surface area contributed by atoms with E-state index in [1.807, 2.05) is 18.2 Å². The van der Waals surface area contributed by atoms with Crippen LogP contribution in [0.4, 0.5) is 0 Å². The summed E-state index contributed by atoms with van der Waals surface area (Å²) in [5, 5.41) is 2.79. The van der Waals surface area contributed by atoms with Crippen molar-refractivity contribution in [3.63, 3.8) is 0 Å². The number of ether oxygens (including phenoxy) is 1. The highest BCUT2D eigenvalue weighted by Gasteiger charge is 2.20. The minimum Gasteiger partial charge on any atom is -0.485 e. The summed E-state index contributed by atoms with van der Waals surface area (Å²) in [6, 6.07) is 14.4. The van der Waals surface area contributed by atoms with Crippen LogP contribution in [0.25, 0.3) is 0 Å². The Labute approximate surface area is 122 Å². The first-order chi connectivity index (χ1) is 10.3. The molecule has 106 valence electrons. The van der Waals surface area contributed by atoms with Gasteiger partial charge in [0.15, 0.2) is 12.4 Å². The van der Waals surface area contributed by atoms with Gasteiger partial charge in [-0.25, -0.2) is 0 Å². The van der Waals surface area contributed by atoms with Crippen LogP contribution in [0.1, 0.15) is 26.3 Å². The highest BCUT2D eigenvalue weighted by molar-refractivity contribution is 5.98. The Kier molecular flexibility index (Phi) is 3.69. The fourth-order valence-corrected chi connectivity index (χ4v) is 2.42. The van der Waals surface area contributed by atoms with Crippen molar-refractivity contribution in [1.82, 2.24) is 5.32 Å². The number of Topliss-reactive ketones (excluding diaryl/α,β-unsaturated/α-hetero) is 1. The second-order valence-corrected chi connectivity index (χ2v) is 4.87. The normalized spacial score (nSPS) is 13.2. The quantitative estimate of drug-likeness (QED) is 0.874. The number of hydrogen-bond donors (Lipinski definition) is 1. The summed E-state index contributed by atoms with van der Waals surface area (Å²) in [7, 11) is 0. The number of rotatable bonds is 4. The summed E-state index contributed by atoms with van der Waals surface area (Å²) in [6.45, 7) is 0.570. The Morgan fingerprint density at radius 2 is 1.90 bits per heavy atom. The Morgan fingerprint density at radius 3 is 2.71 bits per heavy atom. The molecule has 0 fully saturated rings. The van der Waals surface area contributed by atoms with E-state index in [-0.39, 0.29) is 18.3 Å². The summed E-state index contributed by atoms with van der Waals surface area (Å²) in [5.74, 6) is 0.455. The smallest absolute Gasteiger partial charge is 0.251 e. The van der Waals surface area contributed by atoms with Crippen molar-refractivity contribution >= 4 is 11.7 Å². The molecule has 0 saturated heterocycles. The van der Waals surface area contributed by atoms with E-state index in [0.717, 1.165) is 12.0 Å².